The topological polar surface area (TPSA) is 54.4 Å². The maximum Gasteiger partial charge on any atom is 0.103 e. The maximum absolute atomic E-state index is 10.1. The van der Waals surface area contributed by atoms with Crippen molar-refractivity contribution in [2.24, 2.45) is 0 Å². The van der Waals surface area contributed by atoms with Crippen LogP contribution in [0.25, 0.3) is 0 Å². The summed E-state index contributed by atoms with van der Waals surface area (Å²) < 4.78 is 5.21. The number of nitrogens with zero attached hydrogens (tertiary/aromatic N) is 1. The number of aromatic nitrogens is 1. The van der Waals surface area contributed by atoms with Gasteiger partial charge in [0.25, 0.3) is 0 Å². The van der Waals surface area contributed by atoms with Crippen LogP contribution in [-0.4, -0.2) is 35.5 Å². The fourth-order valence-electron chi connectivity index (χ4n) is 1.89. The fourth-order valence-corrected chi connectivity index (χ4v) is 2.80. The highest BCUT2D eigenvalue weighted by Gasteiger charge is 2.31. The molecule has 1 saturated heterocycles. The van der Waals surface area contributed by atoms with E-state index in [9.17, 15) is 5.11 Å². The fraction of sp³-hybridized carbons (Fsp3) is 0.769. The van der Waals surface area contributed by atoms with E-state index in [1.54, 1.807) is 11.3 Å². The summed E-state index contributed by atoms with van der Waals surface area (Å²) in [5, 5.41) is 16.6. The first-order chi connectivity index (χ1) is 8.39. The molecule has 1 unspecified atom stereocenters. The van der Waals surface area contributed by atoms with Crippen LogP contribution in [0.3, 0.4) is 0 Å². The van der Waals surface area contributed by atoms with Crippen LogP contribution in [-0.2, 0) is 16.7 Å². The van der Waals surface area contributed by atoms with Crippen LogP contribution < -0.4 is 5.32 Å². The molecule has 0 amide bonds. The van der Waals surface area contributed by atoms with Crippen molar-refractivity contribution in [1.29, 1.82) is 0 Å². The lowest BCUT2D eigenvalue weighted by molar-refractivity contribution is 0.0268. The first-order valence-corrected chi connectivity index (χ1v) is 7.23. The zero-order chi connectivity index (χ0) is 13.2. The highest BCUT2D eigenvalue weighted by atomic mass is 32.1. The monoisotopic (exact) mass is 270 g/mol. The molecular weight excluding hydrogens is 248 g/mol. The number of aliphatic hydroxyl groups is 1. The molecular formula is C13H22N2O2S. The molecule has 0 aliphatic carbocycles. The average molecular weight is 270 g/mol. The minimum absolute atomic E-state index is 0.112. The van der Waals surface area contributed by atoms with Gasteiger partial charge in [-0.2, -0.15) is 0 Å². The van der Waals surface area contributed by atoms with E-state index in [0.29, 0.717) is 32.7 Å². The Kier molecular flexibility index (Phi) is 4.06. The molecule has 1 aliphatic heterocycles. The van der Waals surface area contributed by atoms with E-state index in [-0.39, 0.29) is 5.41 Å². The third-order valence-corrected chi connectivity index (χ3v) is 4.35. The first-order valence-electron chi connectivity index (χ1n) is 6.35. The van der Waals surface area contributed by atoms with Gasteiger partial charge in [0.1, 0.15) is 5.60 Å². The molecule has 18 heavy (non-hydrogen) atoms. The van der Waals surface area contributed by atoms with Crippen LogP contribution in [0.1, 0.15) is 37.9 Å². The van der Waals surface area contributed by atoms with Gasteiger partial charge in [-0.3, -0.25) is 0 Å². The first kappa shape index (κ1) is 13.9. The van der Waals surface area contributed by atoms with Crippen molar-refractivity contribution in [2.45, 2.75) is 44.8 Å². The zero-order valence-electron chi connectivity index (χ0n) is 11.3. The molecule has 1 fully saturated rings. The van der Waals surface area contributed by atoms with Crippen LogP contribution in [0, 0.1) is 0 Å². The van der Waals surface area contributed by atoms with Crippen molar-refractivity contribution in [3.8, 4) is 0 Å². The lowest BCUT2D eigenvalue weighted by atomic mass is 9.98. The molecule has 102 valence electrons. The van der Waals surface area contributed by atoms with Gasteiger partial charge in [-0.05, 0) is 0 Å². The van der Waals surface area contributed by atoms with Gasteiger partial charge in [0.05, 0.1) is 17.3 Å². The summed E-state index contributed by atoms with van der Waals surface area (Å²) in [5.41, 5.74) is 0.468. The Balaban J connectivity index is 1.82. The zero-order valence-corrected chi connectivity index (χ0v) is 12.1. The minimum atomic E-state index is -0.692. The second-order valence-corrected chi connectivity index (χ2v) is 6.88. The Morgan fingerprint density at radius 2 is 2.33 bits per heavy atom. The van der Waals surface area contributed by atoms with E-state index in [1.807, 2.05) is 0 Å². The van der Waals surface area contributed by atoms with Crippen molar-refractivity contribution in [3.63, 3.8) is 0 Å². The molecule has 4 nitrogen and oxygen atoms in total. The summed E-state index contributed by atoms with van der Waals surface area (Å²) in [4.78, 5) is 4.61. The van der Waals surface area contributed by atoms with Crippen molar-refractivity contribution in [3.05, 3.63) is 16.1 Å². The lowest BCUT2D eigenvalue weighted by Gasteiger charge is -2.20. The largest absolute Gasteiger partial charge is 0.386 e. The van der Waals surface area contributed by atoms with E-state index in [0.717, 1.165) is 10.7 Å². The van der Waals surface area contributed by atoms with E-state index in [4.69, 9.17) is 4.74 Å². The number of hydrogen-bond donors (Lipinski definition) is 2. The van der Waals surface area contributed by atoms with Crippen LogP contribution in [0.2, 0.25) is 0 Å². The Bertz CT molecular complexity index is 392. The second-order valence-electron chi connectivity index (χ2n) is 6.02. The molecule has 0 aromatic carbocycles. The van der Waals surface area contributed by atoms with Crippen LogP contribution in [0.5, 0.6) is 0 Å². The van der Waals surface area contributed by atoms with Crippen LogP contribution in [0.15, 0.2) is 5.38 Å². The predicted octanol–water partition coefficient (Wildman–Crippen LogP) is 1.68. The van der Waals surface area contributed by atoms with Crippen molar-refractivity contribution in [1.82, 2.24) is 10.3 Å². The number of hydrogen-bond acceptors (Lipinski definition) is 5. The molecule has 0 saturated carbocycles. The summed E-state index contributed by atoms with van der Waals surface area (Å²) in [7, 11) is 0. The molecule has 0 spiro atoms. The molecule has 1 aliphatic rings. The van der Waals surface area contributed by atoms with E-state index < -0.39 is 5.60 Å². The Hall–Kier alpha value is -0.490. The summed E-state index contributed by atoms with van der Waals surface area (Å²) in [6.07, 6.45) is 0.713. The Labute approximate surface area is 112 Å². The van der Waals surface area contributed by atoms with Gasteiger partial charge in [-0.1, -0.05) is 20.8 Å². The van der Waals surface area contributed by atoms with Gasteiger partial charge in [0, 0.05) is 36.9 Å². The molecule has 0 radical (unpaired) electrons. The van der Waals surface area contributed by atoms with Gasteiger partial charge in [-0.25, -0.2) is 4.98 Å². The summed E-state index contributed by atoms with van der Waals surface area (Å²) in [5.74, 6) is 0. The summed E-state index contributed by atoms with van der Waals surface area (Å²) >= 11 is 1.70. The van der Waals surface area contributed by atoms with Gasteiger partial charge in [0.2, 0.25) is 0 Å². The van der Waals surface area contributed by atoms with Crippen molar-refractivity contribution in [2.75, 3.05) is 19.8 Å². The Morgan fingerprint density at radius 3 is 2.89 bits per heavy atom. The second kappa shape index (κ2) is 5.25. The normalized spacial score (nSPS) is 24.7. The van der Waals surface area contributed by atoms with Gasteiger partial charge in [-0.15, -0.1) is 11.3 Å². The van der Waals surface area contributed by atoms with Crippen molar-refractivity contribution >= 4 is 11.3 Å². The number of nitrogens with one attached hydrogen (secondary N) is 1. The quantitative estimate of drug-likeness (QED) is 0.874. The van der Waals surface area contributed by atoms with E-state index >= 15 is 0 Å². The maximum atomic E-state index is 10.1. The highest BCUT2D eigenvalue weighted by molar-refractivity contribution is 7.09. The van der Waals surface area contributed by atoms with Crippen LogP contribution >= 0.6 is 11.3 Å². The van der Waals surface area contributed by atoms with Gasteiger partial charge in [0.15, 0.2) is 0 Å². The van der Waals surface area contributed by atoms with Gasteiger partial charge < -0.3 is 15.2 Å². The summed E-state index contributed by atoms with van der Waals surface area (Å²) in [6, 6.07) is 0. The number of ether oxygens (including phenoxy) is 1. The minimum Gasteiger partial charge on any atom is -0.386 e. The molecule has 5 heteroatoms. The third kappa shape index (κ3) is 3.51. The third-order valence-electron chi connectivity index (χ3n) is 3.04. The molecule has 2 N–H and O–H groups in total. The molecule has 1 atom stereocenters. The standard InChI is InChI=1S/C13H22N2O2S/c1-12(2,3)11-15-10(7-18-11)6-14-8-13(16)4-5-17-9-13/h7,14,16H,4-6,8-9H2,1-3H3. The smallest absolute Gasteiger partial charge is 0.103 e. The average Bonchev–Trinajstić information content (AvgIpc) is 2.87. The Morgan fingerprint density at radius 1 is 1.56 bits per heavy atom. The summed E-state index contributed by atoms with van der Waals surface area (Å²) in [6.45, 7) is 8.86. The number of rotatable bonds is 4. The van der Waals surface area contributed by atoms with Crippen LogP contribution in [0.4, 0.5) is 0 Å². The predicted molar refractivity (Wildman–Crippen MR) is 72.9 cm³/mol. The molecule has 1 aromatic heterocycles. The van der Waals surface area contributed by atoms with E-state index in [2.05, 4.69) is 36.5 Å². The molecule has 2 rings (SSSR count). The SMILES string of the molecule is CC(C)(C)c1nc(CNCC2(O)CCOC2)cs1. The molecule has 0 bridgehead atoms. The molecule has 2 heterocycles. The lowest BCUT2D eigenvalue weighted by Crippen LogP contribution is -2.40. The van der Waals surface area contributed by atoms with Gasteiger partial charge >= 0.3 is 0 Å². The molecule has 1 aromatic rings. The van der Waals surface area contributed by atoms with E-state index in [1.165, 1.54) is 0 Å². The van der Waals surface area contributed by atoms with Crippen molar-refractivity contribution < 1.29 is 9.84 Å². The number of thiazole rings is 1. The highest BCUT2D eigenvalue weighted by Crippen LogP contribution is 2.25.